The minimum atomic E-state index is -2.46. The average molecular weight is 501 g/mol. The van der Waals surface area contributed by atoms with Crippen molar-refractivity contribution in [3.63, 3.8) is 0 Å². The maximum atomic E-state index is 7.09. The van der Waals surface area contributed by atoms with Crippen molar-refractivity contribution in [3.05, 3.63) is 109 Å². The van der Waals surface area contributed by atoms with E-state index in [1.807, 2.05) is 6.07 Å². The summed E-state index contributed by atoms with van der Waals surface area (Å²) in [5.41, 5.74) is 1.23. The number of allylic oxidation sites excluding steroid dienone is 2. The molecule has 36 heavy (non-hydrogen) atoms. The summed E-state index contributed by atoms with van der Waals surface area (Å²) < 4.78 is 13.0. The number of benzene rings is 3. The van der Waals surface area contributed by atoms with Gasteiger partial charge in [-0.2, -0.15) is 0 Å². The Morgan fingerprint density at radius 1 is 0.778 bits per heavy atom. The highest BCUT2D eigenvalue weighted by atomic mass is 28.4. The van der Waals surface area contributed by atoms with Gasteiger partial charge >= 0.3 is 0 Å². The van der Waals surface area contributed by atoms with Crippen LogP contribution in [0.4, 0.5) is 0 Å². The lowest BCUT2D eigenvalue weighted by molar-refractivity contribution is 0.113. The van der Waals surface area contributed by atoms with Crippen LogP contribution in [0.1, 0.15) is 53.0 Å². The molecule has 0 heterocycles. The van der Waals surface area contributed by atoms with Crippen LogP contribution < -0.4 is 10.4 Å². The molecule has 0 aliphatic rings. The lowest BCUT2D eigenvalue weighted by Crippen LogP contribution is -2.66. The molecule has 0 fully saturated rings. The summed E-state index contributed by atoms with van der Waals surface area (Å²) in [6.45, 7) is 13.8. The fraction of sp³-hybridized carbons (Fsp3) is 0.394. The molecule has 0 saturated heterocycles. The Kier molecular flexibility index (Phi) is 10.7. The van der Waals surface area contributed by atoms with Crippen molar-refractivity contribution in [2.24, 2.45) is 11.8 Å². The van der Waals surface area contributed by atoms with Crippen molar-refractivity contribution < 1.29 is 9.16 Å². The number of hydrogen-bond donors (Lipinski definition) is 0. The van der Waals surface area contributed by atoms with Gasteiger partial charge in [-0.1, -0.05) is 138 Å². The first-order chi connectivity index (χ1) is 17.3. The first-order valence-electron chi connectivity index (χ1n) is 13.4. The van der Waals surface area contributed by atoms with Crippen molar-refractivity contribution in [1.82, 2.24) is 0 Å². The topological polar surface area (TPSA) is 18.5 Å². The molecule has 0 saturated carbocycles. The summed E-state index contributed by atoms with van der Waals surface area (Å²) in [7, 11) is -2.46. The number of hydrogen-bond acceptors (Lipinski definition) is 2. The van der Waals surface area contributed by atoms with Crippen molar-refractivity contribution in [2.75, 3.05) is 13.2 Å². The van der Waals surface area contributed by atoms with Gasteiger partial charge in [0.1, 0.15) is 0 Å². The molecule has 3 rings (SSSR count). The van der Waals surface area contributed by atoms with Gasteiger partial charge in [0.25, 0.3) is 8.32 Å². The summed E-state index contributed by atoms with van der Waals surface area (Å²) in [6, 6.07) is 32.2. The Balaban J connectivity index is 1.56. The third kappa shape index (κ3) is 7.77. The Morgan fingerprint density at radius 2 is 1.31 bits per heavy atom. The van der Waals surface area contributed by atoms with Crippen LogP contribution in [-0.2, 0) is 15.8 Å². The van der Waals surface area contributed by atoms with Crippen LogP contribution in [0.15, 0.2) is 103 Å². The summed E-state index contributed by atoms with van der Waals surface area (Å²) in [6.07, 6.45) is 6.73. The fourth-order valence-electron chi connectivity index (χ4n) is 4.77. The largest absolute Gasteiger partial charge is 0.407 e. The predicted octanol–water partition coefficient (Wildman–Crippen LogP) is 7.39. The van der Waals surface area contributed by atoms with Crippen molar-refractivity contribution in [3.8, 4) is 0 Å². The molecule has 0 radical (unpaired) electrons. The highest BCUT2D eigenvalue weighted by Crippen LogP contribution is 2.37. The molecule has 0 unspecified atom stereocenters. The van der Waals surface area contributed by atoms with E-state index >= 15 is 0 Å². The van der Waals surface area contributed by atoms with E-state index in [0.717, 1.165) is 26.1 Å². The zero-order chi connectivity index (χ0) is 25.9. The van der Waals surface area contributed by atoms with Gasteiger partial charge in [0.15, 0.2) is 0 Å². The minimum absolute atomic E-state index is 0.0134. The maximum absolute atomic E-state index is 7.09. The van der Waals surface area contributed by atoms with Crippen LogP contribution in [-0.4, -0.2) is 21.5 Å². The Labute approximate surface area is 220 Å². The van der Waals surface area contributed by atoms with Crippen LogP contribution in [0.2, 0.25) is 5.04 Å². The molecule has 0 amide bonds. The number of rotatable bonds is 13. The lowest BCUT2D eigenvalue weighted by Gasteiger charge is -2.43. The standard InChI is InChI=1S/C33H44O2Si/c1-28(24-25-34-27-30-18-9-6-10-19-30)16-15-17-29(2)26-35-36(33(3,4)5,31-20-11-7-12-21-31)32-22-13-8-14-23-32/h6-16,18-23,28-29H,17,24-27H2,1-5H3/b16-15+/t28-,29+/m0/s1. The molecule has 3 aromatic carbocycles. The second-order valence-electron chi connectivity index (χ2n) is 11.0. The Morgan fingerprint density at radius 3 is 1.83 bits per heavy atom. The van der Waals surface area contributed by atoms with Gasteiger partial charge < -0.3 is 9.16 Å². The average Bonchev–Trinajstić information content (AvgIpc) is 2.88. The highest BCUT2D eigenvalue weighted by molar-refractivity contribution is 6.99. The molecule has 0 spiro atoms. The van der Waals surface area contributed by atoms with E-state index in [-0.39, 0.29) is 5.04 Å². The van der Waals surface area contributed by atoms with Gasteiger partial charge in [0, 0.05) is 13.2 Å². The van der Waals surface area contributed by atoms with Gasteiger partial charge in [-0.15, -0.1) is 0 Å². The normalized spacial score (nSPS) is 14.1. The maximum Gasteiger partial charge on any atom is 0.261 e. The second kappa shape index (κ2) is 13.7. The molecule has 192 valence electrons. The first kappa shape index (κ1) is 28.1. The molecule has 0 aromatic heterocycles. The molecular formula is C33H44O2Si. The molecule has 0 aliphatic heterocycles. The fourth-order valence-corrected chi connectivity index (χ4v) is 9.46. The van der Waals surface area contributed by atoms with E-state index in [1.165, 1.54) is 15.9 Å². The van der Waals surface area contributed by atoms with Crippen molar-refractivity contribution in [1.29, 1.82) is 0 Å². The van der Waals surface area contributed by atoms with Crippen LogP contribution in [0.5, 0.6) is 0 Å². The molecule has 3 aromatic rings. The lowest BCUT2D eigenvalue weighted by atomic mass is 10.0. The van der Waals surface area contributed by atoms with Gasteiger partial charge in [-0.05, 0) is 45.7 Å². The molecule has 2 atom stereocenters. The predicted molar refractivity (Wildman–Crippen MR) is 156 cm³/mol. The van der Waals surface area contributed by atoms with E-state index in [4.69, 9.17) is 9.16 Å². The van der Waals surface area contributed by atoms with E-state index in [2.05, 4.69) is 132 Å². The summed E-state index contributed by atoms with van der Waals surface area (Å²) in [5, 5.41) is 2.70. The third-order valence-corrected chi connectivity index (χ3v) is 11.8. The molecule has 2 nitrogen and oxygen atoms in total. The minimum Gasteiger partial charge on any atom is -0.407 e. The van der Waals surface area contributed by atoms with E-state index < -0.39 is 8.32 Å². The Bertz CT molecular complexity index is 986. The smallest absolute Gasteiger partial charge is 0.261 e. The Hall–Kier alpha value is -2.46. The second-order valence-corrected chi connectivity index (χ2v) is 15.4. The first-order valence-corrected chi connectivity index (χ1v) is 15.3. The molecule has 3 heteroatoms. The molecule has 0 N–H and O–H groups in total. The van der Waals surface area contributed by atoms with Crippen LogP contribution in [0.25, 0.3) is 0 Å². The summed E-state index contributed by atoms with van der Waals surface area (Å²) in [4.78, 5) is 0. The number of ether oxygens (including phenoxy) is 1. The van der Waals surface area contributed by atoms with Gasteiger partial charge in [-0.25, -0.2) is 0 Å². The monoisotopic (exact) mass is 500 g/mol. The summed E-state index contributed by atoms with van der Waals surface area (Å²) in [5.74, 6) is 0.954. The van der Waals surface area contributed by atoms with Crippen molar-refractivity contribution >= 4 is 18.7 Å². The van der Waals surface area contributed by atoms with Crippen LogP contribution >= 0.6 is 0 Å². The van der Waals surface area contributed by atoms with Gasteiger partial charge in [0.05, 0.1) is 6.61 Å². The highest BCUT2D eigenvalue weighted by Gasteiger charge is 2.50. The van der Waals surface area contributed by atoms with E-state index in [9.17, 15) is 0 Å². The third-order valence-electron chi connectivity index (χ3n) is 6.83. The van der Waals surface area contributed by atoms with Crippen molar-refractivity contribution in [2.45, 2.75) is 59.1 Å². The molecular weight excluding hydrogens is 456 g/mol. The van der Waals surface area contributed by atoms with Gasteiger partial charge in [0.2, 0.25) is 0 Å². The molecule has 0 bridgehead atoms. The quantitative estimate of drug-likeness (QED) is 0.138. The SMILES string of the molecule is C[C@H](C/C=C/[C@H](C)CCOCc1ccccc1)CO[Si](c1ccccc1)(c1ccccc1)C(C)(C)C. The van der Waals surface area contributed by atoms with E-state index in [0.29, 0.717) is 18.4 Å². The van der Waals surface area contributed by atoms with Crippen LogP contribution in [0, 0.1) is 11.8 Å². The summed E-state index contributed by atoms with van der Waals surface area (Å²) >= 11 is 0. The zero-order valence-corrected chi connectivity index (χ0v) is 23.8. The van der Waals surface area contributed by atoms with Gasteiger partial charge in [-0.3, -0.25) is 0 Å². The zero-order valence-electron chi connectivity index (χ0n) is 22.8. The molecule has 0 aliphatic carbocycles. The van der Waals surface area contributed by atoms with E-state index in [1.54, 1.807) is 0 Å². The van der Waals surface area contributed by atoms with Crippen LogP contribution in [0.3, 0.4) is 0 Å².